The summed E-state index contributed by atoms with van der Waals surface area (Å²) in [6, 6.07) is 5.28. The zero-order chi connectivity index (χ0) is 14.0. The molecule has 1 heterocycles. The second-order valence-corrected chi connectivity index (χ2v) is 6.17. The molecule has 2 rings (SSSR count). The second kappa shape index (κ2) is 5.33. The van der Waals surface area contributed by atoms with Gasteiger partial charge in [-0.15, -0.1) is 0 Å². The molecule has 0 aliphatic carbocycles. The fraction of sp³-hybridized carbons (Fsp3) is 0.500. The highest BCUT2D eigenvalue weighted by Crippen LogP contribution is 2.32. The Balaban J connectivity index is 2.16. The van der Waals surface area contributed by atoms with Gasteiger partial charge >= 0.3 is 0 Å². The van der Waals surface area contributed by atoms with Gasteiger partial charge in [0.1, 0.15) is 5.82 Å². The number of rotatable bonds is 2. The molecule has 0 unspecified atom stereocenters. The van der Waals surface area contributed by atoms with Crippen molar-refractivity contribution in [3.63, 3.8) is 0 Å². The minimum absolute atomic E-state index is 0.171. The smallest absolute Gasteiger partial charge is 0.146 e. The van der Waals surface area contributed by atoms with E-state index >= 15 is 0 Å². The minimum atomic E-state index is -0.171. The number of nitrogens with two attached hydrogens (primary N) is 1. The summed E-state index contributed by atoms with van der Waals surface area (Å²) in [5.41, 5.74) is 8.72. The molecule has 0 saturated carbocycles. The lowest BCUT2D eigenvalue weighted by Gasteiger charge is -2.33. The Bertz CT molecular complexity index is 486. The average Bonchev–Trinajstić information content (AvgIpc) is 2.37. The molecule has 2 nitrogen and oxygen atoms in total. The predicted octanol–water partition coefficient (Wildman–Crippen LogP) is 3.47. The molecular formula is C16H23FN2. The van der Waals surface area contributed by atoms with Crippen molar-refractivity contribution >= 4 is 5.69 Å². The molecule has 19 heavy (non-hydrogen) atoms. The van der Waals surface area contributed by atoms with Crippen molar-refractivity contribution in [3.05, 3.63) is 41.2 Å². The molecule has 0 bridgehead atoms. The zero-order valence-corrected chi connectivity index (χ0v) is 12.0. The first kappa shape index (κ1) is 14.1. The molecule has 1 aromatic carbocycles. The zero-order valence-electron chi connectivity index (χ0n) is 12.0. The molecule has 0 amide bonds. The lowest BCUT2D eigenvalue weighted by Crippen LogP contribution is -2.31. The van der Waals surface area contributed by atoms with Crippen LogP contribution in [0.15, 0.2) is 29.8 Å². The van der Waals surface area contributed by atoms with Crippen LogP contribution in [0.1, 0.15) is 32.8 Å². The maximum Gasteiger partial charge on any atom is 0.146 e. The van der Waals surface area contributed by atoms with Gasteiger partial charge in [0.05, 0.1) is 5.69 Å². The van der Waals surface area contributed by atoms with Crippen molar-refractivity contribution in [2.24, 2.45) is 11.1 Å². The Morgan fingerprint density at radius 1 is 1.32 bits per heavy atom. The topological polar surface area (TPSA) is 29.3 Å². The summed E-state index contributed by atoms with van der Waals surface area (Å²) in [4.78, 5) is 2.09. The van der Waals surface area contributed by atoms with Crippen LogP contribution in [-0.2, 0) is 6.54 Å². The number of benzene rings is 1. The fourth-order valence-corrected chi connectivity index (χ4v) is 2.50. The Hall–Kier alpha value is -1.35. The predicted molar refractivity (Wildman–Crippen MR) is 78.7 cm³/mol. The first-order valence-corrected chi connectivity index (χ1v) is 6.85. The third-order valence-corrected chi connectivity index (χ3v) is 3.76. The molecule has 0 spiro atoms. The van der Waals surface area contributed by atoms with Gasteiger partial charge in [0.15, 0.2) is 0 Å². The van der Waals surface area contributed by atoms with E-state index in [1.807, 2.05) is 12.1 Å². The summed E-state index contributed by atoms with van der Waals surface area (Å²) in [6.45, 7) is 8.72. The average molecular weight is 262 g/mol. The van der Waals surface area contributed by atoms with Crippen LogP contribution in [0.3, 0.4) is 0 Å². The van der Waals surface area contributed by atoms with Gasteiger partial charge in [-0.3, -0.25) is 0 Å². The van der Waals surface area contributed by atoms with Gasteiger partial charge in [-0.05, 0) is 29.5 Å². The summed E-state index contributed by atoms with van der Waals surface area (Å²) in [6.07, 6.45) is 3.24. The number of hydrogen-bond acceptors (Lipinski definition) is 2. The standard InChI is InChI=1S/C16H23FN2/c1-16(2,3)13-6-8-19(9-7-13)15-5-4-12(11-18)10-14(15)17/h4-6,10H,7-9,11,18H2,1-3H3. The third kappa shape index (κ3) is 3.16. The van der Waals surface area contributed by atoms with Crippen molar-refractivity contribution in [3.8, 4) is 0 Å². The summed E-state index contributed by atoms with van der Waals surface area (Å²) in [7, 11) is 0. The Labute approximate surface area is 115 Å². The van der Waals surface area contributed by atoms with Crippen molar-refractivity contribution in [1.29, 1.82) is 0 Å². The Morgan fingerprint density at radius 3 is 2.53 bits per heavy atom. The van der Waals surface area contributed by atoms with E-state index in [-0.39, 0.29) is 11.2 Å². The van der Waals surface area contributed by atoms with E-state index in [0.29, 0.717) is 12.2 Å². The van der Waals surface area contributed by atoms with Crippen LogP contribution in [0.25, 0.3) is 0 Å². The number of hydrogen-bond donors (Lipinski definition) is 1. The molecule has 1 aromatic rings. The van der Waals surface area contributed by atoms with Gasteiger partial charge < -0.3 is 10.6 Å². The molecule has 1 aliphatic rings. The fourth-order valence-electron chi connectivity index (χ4n) is 2.50. The van der Waals surface area contributed by atoms with Crippen LogP contribution in [-0.4, -0.2) is 13.1 Å². The summed E-state index contributed by atoms with van der Waals surface area (Å²) < 4.78 is 14.0. The lowest BCUT2D eigenvalue weighted by molar-refractivity contribution is 0.471. The maximum absolute atomic E-state index is 14.0. The first-order valence-electron chi connectivity index (χ1n) is 6.85. The number of halogens is 1. The number of nitrogens with zero attached hydrogens (tertiary/aromatic N) is 1. The van der Waals surface area contributed by atoms with Gasteiger partial charge in [-0.25, -0.2) is 4.39 Å². The minimum Gasteiger partial charge on any atom is -0.365 e. The van der Waals surface area contributed by atoms with Crippen molar-refractivity contribution in [2.45, 2.75) is 33.7 Å². The van der Waals surface area contributed by atoms with Gasteiger partial charge in [0, 0.05) is 19.6 Å². The SMILES string of the molecule is CC(C)(C)C1=CCN(c2ccc(CN)cc2F)CC1. The summed E-state index contributed by atoms with van der Waals surface area (Å²) >= 11 is 0. The Morgan fingerprint density at radius 2 is 2.05 bits per heavy atom. The van der Waals surface area contributed by atoms with Gasteiger partial charge in [0.2, 0.25) is 0 Å². The Kier molecular flexibility index (Phi) is 3.95. The highest BCUT2D eigenvalue weighted by atomic mass is 19.1. The van der Waals surface area contributed by atoms with Crippen LogP contribution in [0, 0.1) is 11.2 Å². The second-order valence-electron chi connectivity index (χ2n) is 6.17. The summed E-state index contributed by atoms with van der Waals surface area (Å²) in [5.74, 6) is -0.171. The van der Waals surface area contributed by atoms with Gasteiger partial charge in [-0.2, -0.15) is 0 Å². The molecule has 0 radical (unpaired) electrons. The molecule has 1 aliphatic heterocycles. The molecule has 104 valence electrons. The van der Waals surface area contributed by atoms with E-state index in [4.69, 9.17) is 5.73 Å². The van der Waals surface area contributed by atoms with Crippen LogP contribution >= 0.6 is 0 Å². The van der Waals surface area contributed by atoms with Crippen molar-refractivity contribution in [2.75, 3.05) is 18.0 Å². The highest BCUT2D eigenvalue weighted by Gasteiger charge is 2.22. The maximum atomic E-state index is 14.0. The van der Waals surface area contributed by atoms with E-state index in [9.17, 15) is 4.39 Å². The van der Waals surface area contributed by atoms with Crippen LogP contribution < -0.4 is 10.6 Å². The van der Waals surface area contributed by atoms with Crippen LogP contribution in [0.4, 0.5) is 10.1 Å². The molecule has 0 atom stereocenters. The van der Waals surface area contributed by atoms with E-state index in [1.165, 1.54) is 5.57 Å². The lowest BCUT2D eigenvalue weighted by atomic mass is 9.83. The van der Waals surface area contributed by atoms with Crippen molar-refractivity contribution < 1.29 is 4.39 Å². The third-order valence-electron chi connectivity index (χ3n) is 3.76. The molecule has 2 N–H and O–H groups in total. The highest BCUT2D eigenvalue weighted by molar-refractivity contribution is 5.51. The van der Waals surface area contributed by atoms with Gasteiger partial charge in [0.25, 0.3) is 0 Å². The molecular weight excluding hydrogens is 239 g/mol. The van der Waals surface area contributed by atoms with E-state index in [0.717, 1.165) is 25.1 Å². The summed E-state index contributed by atoms with van der Waals surface area (Å²) in [5, 5.41) is 0. The first-order chi connectivity index (χ1) is 8.91. The molecule has 0 saturated heterocycles. The van der Waals surface area contributed by atoms with Crippen molar-refractivity contribution in [1.82, 2.24) is 0 Å². The van der Waals surface area contributed by atoms with E-state index in [2.05, 4.69) is 31.7 Å². The molecule has 0 aromatic heterocycles. The van der Waals surface area contributed by atoms with E-state index in [1.54, 1.807) is 6.07 Å². The quantitative estimate of drug-likeness (QED) is 0.827. The van der Waals surface area contributed by atoms with Gasteiger partial charge in [-0.1, -0.05) is 38.5 Å². The van der Waals surface area contributed by atoms with Crippen LogP contribution in [0.5, 0.6) is 0 Å². The monoisotopic (exact) mass is 262 g/mol. The van der Waals surface area contributed by atoms with E-state index < -0.39 is 0 Å². The number of anilines is 1. The molecule has 3 heteroatoms. The normalized spacial score (nSPS) is 16.5. The largest absolute Gasteiger partial charge is 0.365 e. The van der Waals surface area contributed by atoms with Crippen LogP contribution in [0.2, 0.25) is 0 Å². The molecule has 0 fully saturated rings.